The highest BCUT2D eigenvalue weighted by molar-refractivity contribution is 5.93. The van der Waals surface area contributed by atoms with Gasteiger partial charge in [0.15, 0.2) is 17.3 Å². The largest absolute Gasteiger partial charge is 0.376 e. The number of hydrogen-bond acceptors (Lipinski definition) is 4. The summed E-state index contributed by atoms with van der Waals surface area (Å²) in [5.41, 5.74) is 0.955. The quantitative estimate of drug-likeness (QED) is 0.850. The van der Waals surface area contributed by atoms with Crippen LogP contribution in [0.5, 0.6) is 0 Å². The molecule has 1 saturated heterocycles. The van der Waals surface area contributed by atoms with Gasteiger partial charge in [-0.05, 0) is 38.3 Å². The molecule has 0 N–H and O–H groups in total. The second kappa shape index (κ2) is 7.26. The molecule has 1 aliphatic rings. The van der Waals surface area contributed by atoms with Gasteiger partial charge in [0.2, 0.25) is 0 Å². The van der Waals surface area contributed by atoms with Crippen molar-refractivity contribution in [1.29, 1.82) is 0 Å². The van der Waals surface area contributed by atoms with E-state index in [-0.39, 0.29) is 17.7 Å². The van der Waals surface area contributed by atoms with Gasteiger partial charge in [-0.1, -0.05) is 5.21 Å². The van der Waals surface area contributed by atoms with Crippen molar-refractivity contribution < 1.29 is 18.3 Å². The van der Waals surface area contributed by atoms with Crippen LogP contribution in [0.25, 0.3) is 5.69 Å². The Morgan fingerprint density at radius 3 is 2.84 bits per heavy atom. The third kappa shape index (κ3) is 3.68. The standard InChI is InChI=1S/C17H20F2N4O2/c1-11-16(17(24)22(2)10-13-5-3-4-8-25-13)20-21-23(11)12-6-7-14(18)15(19)9-12/h6-7,9,13H,3-5,8,10H2,1-2H3. The topological polar surface area (TPSA) is 60.3 Å². The zero-order valence-electron chi connectivity index (χ0n) is 14.2. The number of carbonyl (C=O) groups is 1. The molecule has 6 nitrogen and oxygen atoms in total. The van der Waals surface area contributed by atoms with E-state index < -0.39 is 11.6 Å². The van der Waals surface area contributed by atoms with Gasteiger partial charge in [-0.3, -0.25) is 4.79 Å². The van der Waals surface area contributed by atoms with Crippen molar-refractivity contribution >= 4 is 5.91 Å². The third-order valence-electron chi connectivity index (χ3n) is 4.34. The normalized spacial score (nSPS) is 17.5. The number of benzene rings is 1. The maximum Gasteiger partial charge on any atom is 0.276 e. The van der Waals surface area contributed by atoms with Crippen LogP contribution in [0.2, 0.25) is 0 Å². The van der Waals surface area contributed by atoms with Crippen LogP contribution in [-0.4, -0.2) is 52.1 Å². The predicted molar refractivity (Wildman–Crippen MR) is 86.6 cm³/mol. The lowest BCUT2D eigenvalue weighted by atomic mass is 10.1. The minimum Gasteiger partial charge on any atom is -0.376 e. The molecule has 0 aliphatic carbocycles. The maximum absolute atomic E-state index is 13.4. The van der Waals surface area contributed by atoms with E-state index >= 15 is 0 Å². The molecule has 8 heteroatoms. The van der Waals surface area contributed by atoms with Gasteiger partial charge in [0, 0.05) is 26.3 Å². The number of hydrogen-bond donors (Lipinski definition) is 0. The van der Waals surface area contributed by atoms with Gasteiger partial charge < -0.3 is 9.64 Å². The first kappa shape index (κ1) is 17.5. The van der Waals surface area contributed by atoms with E-state index in [1.807, 2.05) is 0 Å². The Bertz CT molecular complexity index is 772. The van der Waals surface area contributed by atoms with Crippen molar-refractivity contribution in [3.05, 3.63) is 41.2 Å². The number of aromatic nitrogens is 3. The SMILES string of the molecule is Cc1c(C(=O)N(C)CC2CCCCO2)nnn1-c1ccc(F)c(F)c1. The van der Waals surface area contributed by atoms with Crippen LogP contribution in [0, 0.1) is 18.6 Å². The van der Waals surface area contributed by atoms with Crippen molar-refractivity contribution in [2.24, 2.45) is 0 Å². The Hall–Kier alpha value is -2.35. The molecule has 3 rings (SSSR count). The summed E-state index contributed by atoms with van der Waals surface area (Å²) in [4.78, 5) is 14.2. The summed E-state index contributed by atoms with van der Waals surface area (Å²) in [6.07, 6.45) is 3.11. The van der Waals surface area contributed by atoms with Crippen molar-refractivity contribution in [2.45, 2.75) is 32.3 Å². The lowest BCUT2D eigenvalue weighted by molar-refractivity contribution is -0.000308. The van der Waals surface area contributed by atoms with Crippen LogP contribution in [0.1, 0.15) is 35.4 Å². The molecule has 1 amide bonds. The summed E-state index contributed by atoms with van der Waals surface area (Å²) in [5.74, 6) is -2.20. The molecule has 1 aliphatic heterocycles. The highest BCUT2D eigenvalue weighted by atomic mass is 19.2. The molecular weight excluding hydrogens is 330 g/mol. The van der Waals surface area contributed by atoms with Gasteiger partial charge in [-0.2, -0.15) is 0 Å². The molecule has 1 atom stereocenters. The second-order valence-electron chi connectivity index (χ2n) is 6.21. The molecule has 25 heavy (non-hydrogen) atoms. The van der Waals surface area contributed by atoms with Crippen molar-refractivity contribution in [3.63, 3.8) is 0 Å². The minimum atomic E-state index is -0.980. The molecule has 0 saturated carbocycles. The lowest BCUT2D eigenvalue weighted by Gasteiger charge is -2.27. The van der Waals surface area contributed by atoms with Gasteiger partial charge >= 0.3 is 0 Å². The summed E-state index contributed by atoms with van der Waals surface area (Å²) in [5, 5.41) is 7.83. The van der Waals surface area contributed by atoms with E-state index in [0.717, 1.165) is 38.0 Å². The van der Waals surface area contributed by atoms with E-state index in [0.29, 0.717) is 17.9 Å². The van der Waals surface area contributed by atoms with Crippen molar-refractivity contribution in [1.82, 2.24) is 19.9 Å². The number of ether oxygens (including phenoxy) is 1. The molecule has 0 radical (unpaired) electrons. The van der Waals surface area contributed by atoms with Crippen LogP contribution in [0.3, 0.4) is 0 Å². The van der Waals surface area contributed by atoms with Gasteiger partial charge in [-0.25, -0.2) is 13.5 Å². The van der Waals surface area contributed by atoms with Crippen molar-refractivity contribution in [3.8, 4) is 5.69 Å². The average molecular weight is 350 g/mol. The molecule has 0 spiro atoms. The molecule has 1 aromatic heterocycles. The Balaban J connectivity index is 1.77. The fourth-order valence-corrected chi connectivity index (χ4v) is 2.91. The van der Waals surface area contributed by atoms with Crippen LogP contribution in [0.15, 0.2) is 18.2 Å². The Kier molecular flexibility index (Phi) is 5.08. The monoisotopic (exact) mass is 350 g/mol. The summed E-state index contributed by atoms with van der Waals surface area (Å²) >= 11 is 0. The number of likely N-dealkylation sites (N-methyl/N-ethyl adjacent to an activating group) is 1. The summed E-state index contributed by atoms with van der Waals surface area (Å²) in [6, 6.07) is 3.42. The second-order valence-corrected chi connectivity index (χ2v) is 6.21. The molecule has 2 aromatic rings. The highest BCUT2D eigenvalue weighted by Gasteiger charge is 2.24. The molecular formula is C17H20F2N4O2. The van der Waals surface area contributed by atoms with Crippen LogP contribution in [0.4, 0.5) is 8.78 Å². The fourth-order valence-electron chi connectivity index (χ4n) is 2.91. The van der Waals surface area contributed by atoms with Crippen LogP contribution < -0.4 is 0 Å². The first-order chi connectivity index (χ1) is 12.0. The van der Waals surface area contributed by atoms with E-state index in [2.05, 4.69) is 10.3 Å². The number of rotatable bonds is 4. The van der Waals surface area contributed by atoms with E-state index in [9.17, 15) is 13.6 Å². The maximum atomic E-state index is 13.4. The van der Waals surface area contributed by atoms with Crippen LogP contribution >= 0.6 is 0 Å². The molecule has 1 fully saturated rings. The summed E-state index contributed by atoms with van der Waals surface area (Å²) in [6.45, 7) is 2.87. The summed E-state index contributed by atoms with van der Waals surface area (Å²) < 4.78 is 33.5. The molecule has 134 valence electrons. The smallest absolute Gasteiger partial charge is 0.276 e. The first-order valence-electron chi connectivity index (χ1n) is 8.22. The number of amides is 1. The number of nitrogens with zero attached hydrogens (tertiary/aromatic N) is 4. The minimum absolute atomic E-state index is 0.0317. The van der Waals surface area contributed by atoms with Gasteiger partial charge in [0.05, 0.1) is 17.5 Å². The van der Waals surface area contributed by atoms with E-state index in [4.69, 9.17) is 4.74 Å². The van der Waals surface area contributed by atoms with Crippen LogP contribution in [-0.2, 0) is 4.74 Å². The lowest BCUT2D eigenvalue weighted by Crippen LogP contribution is -2.37. The zero-order chi connectivity index (χ0) is 18.0. The summed E-state index contributed by atoms with van der Waals surface area (Å²) in [7, 11) is 1.69. The van der Waals surface area contributed by atoms with E-state index in [1.165, 1.54) is 10.7 Å². The molecule has 1 aromatic carbocycles. The molecule has 2 heterocycles. The van der Waals surface area contributed by atoms with E-state index in [1.54, 1.807) is 18.9 Å². The van der Waals surface area contributed by atoms with Gasteiger partial charge in [0.1, 0.15) is 0 Å². The number of halogens is 2. The highest BCUT2D eigenvalue weighted by Crippen LogP contribution is 2.18. The fraction of sp³-hybridized carbons (Fsp3) is 0.471. The predicted octanol–water partition coefficient (Wildman–Crippen LogP) is 2.50. The Labute approximate surface area is 144 Å². The zero-order valence-corrected chi connectivity index (χ0v) is 14.2. The first-order valence-corrected chi connectivity index (χ1v) is 8.22. The third-order valence-corrected chi connectivity index (χ3v) is 4.34. The average Bonchev–Trinajstić information content (AvgIpc) is 2.99. The van der Waals surface area contributed by atoms with Gasteiger partial charge in [-0.15, -0.1) is 5.10 Å². The van der Waals surface area contributed by atoms with Gasteiger partial charge in [0.25, 0.3) is 5.91 Å². The Morgan fingerprint density at radius 2 is 2.16 bits per heavy atom. The number of carbonyl (C=O) groups excluding carboxylic acids is 1. The van der Waals surface area contributed by atoms with Crippen molar-refractivity contribution in [2.75, 3.05) is 20.2 Å². The molecule has 1 unspecified atom stereocenters. The molecule has 0 bridgehead atoms. The Morgan fingerprint density at radius 1 is 1.36 bits per heavy atom.